The molecule has 1 rings (SSSR count). The number of para-hydroxylation sites is 1. The van der Waals surface area contributed by atoms with Gasteiger partial charge in [-0.3, -0.25) is 9.59 Å². The number of amides is 3. The summed E-state index contributed by atoms with van der Waals surface area (Å²) >= 11 is 0. The maximum Gasteiger partial charge on any atom is 0.408 e. The number of rotatable bonds is 10. The van der Waals surface area contributed by atoms with E-state index in [1.165, 1.54) is 24.0 Å². The van der Waals surface area contributed by atoms with Gasteiger partial charge in [-0.05, 0) is 47.1 Å². The first-order valence-corrected chi connectivity index (χ1v) is 10.9. The lowest BCUT2D eigenvalue weighted by atomic mass is 10.0. The van der Waals surface area contributed by atoms with Crippen LogP contribution < -0.4 is 10.6 Å². The zero-order valence-electron chi connectivity index (χ0n) is 20.0. The Morgan fingerprint density at radius 1 is 1.19 bits per heavy atom. The molecule has 0 aromatic heterocycles. The highest BCUT2D eigenvalue weighted by Crippen LogP contribution is 2.29. The number of alkyl carbamates (subject to hydrolysis) is 1. The zero-order valence-corrected chi connectivity index (χ0v) is 20.0. The first-order valence-electron chi connectivity index (χ1n) is 10.9. The van der Waals surface area contributed by atoms with Gasteiger partial charge in [-0.25, -0.2) is 4.79 Å². The Hall–Kier alpha value is -3.03. The minimum absolute atomic E-state index is 0.0355. The van der Waals surface area contributed by atoms with Crippen LogP contribution in [0.3, 0.4) is 0 Å². The lowest BCUT2D eigenvalue weighted by Crippen LogP contribution is -2.52. The second kappa shape index (κ2) is 12.1. The number of phenols is 1. The summed E-state index contributed by atoms with van der Waals surface area (Å²) in [6, 6.07) is 4.19. The highest BCUT2D eigenvalue weighted by Gasteiger charge is 2.35. The van der Waals surface area contributed by atoms with E-state index in [-0.39, 0.29) is 23.9 Å². The molecule has 0 aliphatic heterocycles. The van der Waals surface area contributed by atoms with Crippen molar-refractivity contribution in [1.29, 1.82) is 0 Å². The van der Waals surface area contributed by atoms with E-state index in [1.807, 2.05) is 13.8 Å². The van der Waals surface area contributed by atoms with Gasteiger partial charge < -0.3 is 25.4 Å². The Morgan fingerprint density at radius 2 is 1.81 bits per heavy atom. The predicted molar refractivity (Wildman–Crippen MR) is 124 cm³/mol. The minimum atomic E-state index is -1.11. The van der Waals surface area contributed by atoms with E-state index in [0.29, 0.717) is 0 Å². The highest BCUT2D eigenvalue weighted by atomic mass is 16.6. The summed E-state index contributed by atoms with van der Waals surface area (Å²) in [5.41, 5.74) is -0.435. The fourth-order valence-corrected chi connectivity index (χ4v) is 3.25. The quantitative estimate of drug-likeness (QED) is 0.474. The summed E-state index contributed by atoms with van der Waals surface area (Å²) in [4.78, 5) is 40.0. The van der Waals surface area contributed by atoms with E-state index in [0.717, 1.165) is 12.8 Å². The van der Waals surface area contributed by atoms with Crippen molar-refractivity contribution in [3.63, 3.8) is 0 Å². The van der Waals surface area contributed by atoms with Crippen LogP contribution in [0.1, 0.15) is 66.0 Å². The molecule has 3 amide bonds. The van der Waals surface area contributed by atoms with Crippen LogP contribution in [0.15, 0.2) is 36.9 Å². The SMILES string of the molecule is C=CCN(C(=O)C(C)NC(=O)OC(C)(C)C)C(C(=O)NC(C)CCC)c1ccccc1O. The number of ether oxygens (including phenoxy) is 1. The van der Waals surface area contributed by atoms with Crippen molar-refractivity contribution in [2.75, 3.05) is 6.54 Å². The predicted octanol–water partition coefficient (Wildman–Crippen LogP) is 3.67. The molecule has 0 bridgehead atoms. The van der Waals surface area contributed by atoms with Gasteiger partial charge in [0.05, 0.1) is 0 Å². The average molecular weight is 448 g/mol. The van der Waals surface area contributed by atoms with Gasteiger partial charge in [-0.2, -0.15) is 0 Å². The summed E-state index contributed by atoms with van der Waals surface area (Å²) in [5, 5.41) is 15.9. The molecule has 0 spiro atoms. The molecule has 3 atom stereocenters. The maximum atomic E-state index is 13.3. The molecule has 0 fully saturated rings. The average Bonchev–Trinajstić information content (AvgIpc) is 2.66. The van der Waals surface area contributed by atoms with Gasteiger partial charge in [0.15, 0.2) is 0 Å². The smallest absolute Gasteiger partial charge is 0.408 e. The molecule has 1 aromatic carbocycles. The van der Waals surface area contributed by atoms with Crippen LogP contribution >= 0.6 is 0 Å². The van der Waals surface area contributed by atoms with Crippen LogP contribution in [0.2, 0.25) is 0 Å². The molecule has 0 saturated carbocycles. The van der Waals surface area contributed by atoms with Crippen LogP contribution in [0, 0.1) is 0 Å². The molecule has 0 heterocycles. The third-order valence-corrected chi connectivity index (χ3v) is 4.61. The topological polar surface area (TPSA) is 108 Å². The molecule has 32 heavy (non-hydrogen) atoms. The number of aromatic hydroxyl groups is 1. The van der Waals surface area contributed by atoms with E-state index < -0.39 is 35.6 Å². The van der Waals surface area contributed by atoms with E-state index in [1.54, 1.807) is 39.0 Å². The molecule has 0 aliphatic rings. The molecule has 178 valence electrons. The van der Waals surface area contributed by atoms with Gasteiger partial charge in [0, 0.05) is 18.2 Å². The van der Waals surface area contributed by atoms with Crippen molar-refractivity contribution in [2.24, 2.45) is 0 Å². The fourth-order valence-electron chi connectivity index (χ4n) is 3.25. The van der Waals surface area contributed by atoms with Crippen molar-refractivity contribution in [1.82, 2.24) is 15.5 Å². The zero-order chi connectivity index (χ0) is 24.5. The van der Waals surface area contributed by atoms with Gasteiger partial charge in [-0.1, -0.05) is 37.6 Å². The third-order valence-electron chi connectivity index (χ3n) is 4.61. The van der Waals surface area contributed by atoms with Crippen LogP contribution in [-0.2, 0) is 14.3 Å². The molecule has 0 saturated heterocycles. The van der Waals surface area contributed by atoms with E-state index in [4.69, 9.17) is 4.74 Å². The Balaban J connectivity index is 3.27. The Bertz CT molecular complexity index is 803. The van der Waals surface area contributed by atoms with Crippen molar-refractivity contribution >= 4 is 17.9 Å². The minimum Gasteiger partial charge on any atom is -0.508 e. The first kappa shape index (κ1) is 27.0. The number of carbonyl (C=O) groups excluding carboxylic acids is 3. The molecule has 1 aromatic rings. The lowest BCUT2D eigenvalue weighted by Gasteiger charge is -2.33. The summed E-state index contributed by atoms with van der Waals surface area (Å²) < 4.78 is 5.23. The van der Waals surface area contributed by atoms with Crippen molar-refractivity contribution < 1.29 is 24.2 Å². The Kier molecular flexibility index (Phi) is 10.2. The van der Waals surface area contributed by atoms with Crippen molar-refractivity contribution in [3.05, 3.63) is 42.5 Å². The first-order chi connectivity index (χ1) is 14.9. The van der Waals surface area contributed by atoms with Crippen LogP contribution in [0.25, 0.3) is 0 Å². The number of hydrogen-bond donors (Lipinski definition) is 3. The summed E-state index contributed by atoms with van der Waals surface area (Å²) in [5.74, 6) is -1.04. The van der Waals surface area contributed by atoms with Gasteiger partial charge in [0.1, 0.15) is 23.4 Å². The maximum absolute atomic E-state index is 13.3. The summed E-state index contributed by atoms with van der Waals surface area (Å²) in [7, 11) is 0. The lowest BCUT2D eigenvalue weighted by molar-refractivity contribution is -0.141. The van der Waals surface area contributed by atoms with Crippen LogP contribution in [0.5, 0.6) is 5.75 Å². The van der Waals surface area contributed by atoms with Gasteiger partial charge in [0.2, 0.25) is 11.8 Å². The number of nitrogens with one attached hydrogen (secondary N) is 2. The van der Waals surface area contributed by atoms with E-state index in [9.17, 15) is 19.5 Å². The number of benzene rings is 1. The van der Waals surface area contributed by atoms with Crippen molar-refractivity contribution in [2.45, 2.75) is 78.1 Å². The highest BCUT2D eigenvalue weighted by molar-refractivity contribution is 5.92. The van der Waals surface area contributed by atoms with Gasteiger partial charge in [0.25, 0.3) is 0 Å². The van der Waals surface area contributed by atoms with Crippen LogP contribution in [0.4, 0.5) is 4.79 Å². The standard InChI is InChI=1S/C24H37N3O5/c1-8-12-16(3)25-21(29)20(18-13-10-11-14-19(18)28)27(15-9-2)22(30)17(4)26-23(31)32-24(5,6)7/h9-11,13-14,16-17,20,28H,2,8,12,15H2,1,3-7H3,(H,25,29)(H,26,31). The second-order valence-corrected chi connectivity index (χ2v) is 8.81. The number of carbonyl (C=O) groups is 3. The normalized spacial score (nSPS) is 13.9. The summed E-state index contributed by atoms with van der Waals surface area (Å²) in [6.07, 6.45) is 2.41. The molecule has 0 radical (unpaired) electrons. The van der Waals surface area contributed by atoms with Crippen molar-refractivity contribution in [3.8, 4) is 5.75 Å². The fraction of sp³-hybridized carbons (Fsp3) is 0.542. The summed E-state index contributed by atoms with van der Waals surface area (Å²) in [6.45, 7) is 14.3. The van der Waals surface area contributed by atoms with Crippen LogP contribution in [-0.4, -0.2) is 52.1 Å². The van der Waals surface area contributed by atoms with E-state index in [2.05, 4.69) is 17.2 Å². The number of phenolic OH excluding ortho intramolecular Hbond substituents is 1. The number of nitrogens with zero attached hydrogens (tertiary/aromatic N) is 1. The monoisotopic (exact) mass is 447 g/mol. The molecule has 0 aliphatic carbocycles. The third kappa shape index (κ3) is 8.24. The Morgan fingerprint density at radius 3 is 2.34 bits per heavy atom. The molecule has 3 N–H and O–H groups in total. The van der Waals surface area contributed by atoms with E-state index >= 15 is 0 Å². The molecule has 8 heteroatoms. The molecular weight excluding hydrogens is 410 g/mol. The largest absolute Gasteiger partial charge is 0.508 e. The Labute approximate surface area is 191 Å². The van der Waals surface area contributed by atoms with Gasteiger partial charge in [-0.15, -0.1) is 6.58 Å². The molecule has 8 nitrogen and oxygen atoms in total. The van der Waals surface area contributed by atoms with Gasteiger partial charge >= 0.3 is 6.09 Å². The molecule has 3 unspecified atom stereocenters. The molecular formula is C24H37N3O5. The number of hydrogen-bond acceptors (Lipinski definition) is 5. The second-order valence-electron chi connectivity index (χ2n) is 8.81.